The van der Waals surface area contributed by atoms with Gasteiger partial charge in [0.05, 0.1) is 0 Å². The van der Waals surface area contributed by atoms with Gasteiger partial charge in [0, 0.05) is 42.8 Å². The second kappa shape index (κ2) is 11.2. The van der Waals surface area contributed by atoms with E-state index in [9.17, 15) is 14.0 Å². The Morgan fingerprint density at radius 2 is 1.88 bits per heavy atom. The highest BCUT2D eigenvalue weighted by Gasteiger charge is 2.34. The molecule has 1 fully saturated rings. The van der Waals surface area contributed by atoms with Gasteiger partial charge in [-0.3, -0.25) is 4.79 Å². The smallest absolute Gasteiger partial charge is 0.318 e. The Kier molecular flexibility index (Phi) is 7.83. The van der Waals surface area contributed by atoms with Gasteiger partial charge in [-0.05, 0) is 55.0 Å². The van der Waals surface area contributed by atoms with Crippen LogP contribution in [-0.2, 0) is 17.8 Å². The fourth-order valence-electron chi connectivity index (χ4n) is 4.17. The molecular weight excluding hydrogens is 431 g/mol. The Hall–Kier alpha value is -3.35. The summed E-state index contributed by atoms with van der Waals surface area (Å²) in [6.45, 7) is 3.63. The van der Waals surface area contributed by atoms with E-state index in [0.717, 1.165) is 47.7 Å². The summed E-state index contributed by atoms with van der Waals surface area (Å²) in [7, 11) is 0. The first-order valence-corrected chi connectivity index (χ1v) is 12.2. The second-order valence-electron chi connectivity index (χ2n) is 9.00. The predicted molar refractivity (Wildman–Crippen MR) is 132 cm³/mol. The van der Waals surface area contributed by atoms with E-state index in [1.165, 1.54) is 12.1 Å². The number of H-pyrrole nitrogens is 1. The number of unbranched alkanes of at least 4 members (excludes halogenated alkanes) is 1. The van der Waals surface area contributed by atoms with Crippen molar-refractivity contribution < 1.29 is 14.0 Å². The number of hydrogen-bond donors (Lipinski definition) is 2. The van der Waals surface area contributed by atoms with Gasteiger partial charge in [0.15, 0.2) is 0 Å². The van der Waals surface area contributed by atoms with E-state index in [2.05, 4.69) is 23.3 Å². The van der Waals surface area contributed by atoms with E-state index in [1.54, 1.807) is 21.9 Å². The van der Waals surface area contributed by atoms with E-state index in [1.807, 2.05) is 24.4 Å². The van der Waals surface area contributed by atoms with E-state index < -0.39 is 0 Å². The van der Waals surface area contributed by atoms with Crippen LogP contribution in [0.25, 0.3) is 10.9 Å². The third-order valence-electron chi connectivity index (χ3n) is 6.33. The average Bonchev–Trinajstić information content (AvgIpc) is 3.61. The van der Waals surface area contributed by atoms with Gasteiger partial charge in [-0.25, -0.2) is 9.18 Å². The van der Waals surface area contributed by atoms with Crippen molar-refractivity contribution in [2.75, 3.05) is 19.6 Å². The molecule has 180 valence electrons. The molecule has 0 unspecified atom stereocenters. The standard InChI is InChI=1S/C27H33FN4O2/c1-2-3-15-29-27(34)32(23-12-13-23)19-26(33)31(18-20-8-10-22(28)11-9-20)16-14-21-17-30-25-7-5-4-6-24(21)25/h4-11,17,23,30H,2-3,12-16,18-19H2,1H3,(H,29,34). The zero-order chi connectivity index (χ0) is 23.9. The summed E-state index contributed by atoms with van der Waals surface area (Å²) in [6, 6.07) is 14.3. The SMILES string of the molecule is CCCCNC(=O)N(CC(=O)N(CCc1c[nH]c2ccccc12)Cc1ccc(F)cc1)C1CC1. The van der Waals surface area contributed by atoms with E-state index in [-0.39, 0.29) is 30.3 Å². The molecule has 34 heavy (non-hydrogen) atoms. The number of rotatable bonds is 11. The van der Waals surface area contributed by atoms with Crippen molar-refractivity contribution in [1.82, 2.24) is 20.1 Å². The van der Waals surface area contributed by atoms with Crippen molar-refractivity contribution in [1.29, 1.82) is 0 Å². The molecule has 6 nitrogen and oxygen atoms in total. The molecule has 1 saturated carbocycles. The number of benzene rings is 2. The first-order valence-electron chi connectivity index (χ1n) is 12.2. The molecule has 1 aliphatic rings. The number of aromatic nitrogens is 1. The summed E-state index contributed by atoms with van der Waals surface area (Å²) < 4.78 is 13.4. The number of carbonyl (C=O) groups is 2. The minimum Gasteiger partial charge on any atom is -0.361 e. The molecule has 0 spiro atoms. The molecular formula is C27H33FN4O2. The van der Waals surface area contributed by atoms with Crippen LogP contribution < -0.4 is 5.32 Å². The van der Waals surface area contributed by atoms with Crippen LogP contribution in [0.2, 0.25) is 0 Å². The lowest BCUT2D eigenvalue weighted by atomic mass is 10.1. The van der Waals surface area contributed by atoms with Gasteiger partial charge in [-0.2, -0.15) is 0 Å². The number of fused-ring (bicyclic) bond motifs is 1. The number of halogens is 1. The predicted octanol–water partition coefficient (Wildman–Crippen LogP) is 4.85. The summed E-state index contributed by atoms with van der Waals surface area (Å²) in [5, 5.41) is 4.10. The lowest BCUT2D eigenvalue weighted by Crippen LogP contribution is -2.48. The van der Waals surface area contributed by atoms with Crippen LogP contribution in [0, 0.1) is 5.82 Å². The van der Waals surface area contributed by atoms with Crippen molar-refractivity contribution >= 4 is 22.8 Å². The zero-order valence-electron chi connectivity index (χ0n) is 19.7. The van der Waals surface area contributed by atoms with Crippen molar-refractivity contribution in [3.8, 4) is 0 Å². The van der Waals surface area contributed by atoms with Crippen LogP contribution in [0.5, 0.6) is 0 Å². The molecule has 0 saturated heterocycles. The van der Waals surface area contributed by atoms with Gasteiger partial charge in [-0.1, -0.05) is 43.7 Å². The topological polar surface area (TPSA) is 68.4 Å². The maximum Gasteiger partial charge on any atom is 0.318 e. The molecule has 0 bridgehead atoms. The largest absolute Gasteiger partial charge is 0.361 e. The van der Waals surface area contributed by atoms with Gasteiger partial charge in [0.25, 0.3) is 0 Å². The van der Waals surface area contributed by atoms with Gasteiger partial charge in [0.2, 0.25) is 5.91 Å². The van der Waals surface area contributed by atoms with E-state index in [0.29, 0.717) is 26.1 Å². The highest BCUT2D eigenvalue weighted by Crippen LogP contribution is 2.27. The molecule has 1 heterocycles. The number of aromatic amines is 1. The van der Waals surface area contributed by atoms with Crippen LogP contribution in [-0.4, -0.2) is 52.4 Å². The summed E-state index contributed by atoms with van der Waals surface area (Å²) in [6.07, 6.45) is 6.46. The third kappa shape index (κ3) is 6.16. The molecule has 1 aliphatic carbocycles. The number of amides is 3. The summed E-state index contributed by atoms with van der Waals surface area (Å²) in [5.41, 5.74) is 3.07. The van der Waals surface area contributed by atoms with Crippen LogP contribution >= 0.6 is 0 Å². The molecule has 0 atom stereocenters. The lowest BCUT2D eigenvalue weighted by Gasteiger charge is -2.28. The summed E-state index contributed by atoms with van der Waals surface area (Å²) in [4.78, 5) is 32.9. The fraction of sp³-hybridized carbons (Fsp3) is 0.407. The summed E-state index contributed by atoms with van der Waals surface area (Å²) >= 11 is 0. The molecule has 3 aromatic rings. The molecule has 7 heteroatoms. The van der Waals surface area contributed by atoms with Crippen molar-refractivity contribution in [3.05, 3.63) is 71.7 Å². The van der Waals surface area contributed by atoms with Crippen LogP contribution in [0.3, 0.4) is 0 Å². The molecule has 4 rings (SSSR count). The molecule has 3 amide bonds. The van der Waals surface area contributed by atoms with Crippen molar-refractivity contribution in [2.45, 2.75) is 51.6 Å². The molecule has 2 N–H and O–H groups in total. The lowest BCUT2D eigenvalue weighted by molar-refractivity contribution is -0.132. The number of nitrogens with zero attached hydrogens (tertiary/aromatic N) is 2. The Labute approximate surface area is 200 Å². The first kappa shape index (κ1) is 23.8. The number of carbonyl (C=O) groups excluding carboxylic acids is 2. The fourth-order valence-corrected chi connectivity index (χ4v) is 4.17. The van der Waals surface area contributed by atoms with E-state index >= 15 is 0 Å². The van der Waals surface area contributed by atoms with Crippen molar-refractivity contribution in [2.24, 2.45) is 0 Å². The number of urea groups is 1. The number of hydrogen-bond acceptors (Lipinski definition) is 2. The monoisotopic (exact) mass is 464 g/mol. The highest BCUT2D eigenvalue weighted by molar-refractivity contribution is 5.85. The minimum atomic E-state index is -0.302. The zero-order valence-corrected chi connectivity index (χ0v) is 19.7. The van der Waals surface area contributed by atoms with Crippen molar-refractivity contribution in [3.63, 3.8) is 0 Å². The van der Waals surface area contributed by atoms with Crippen LogP contribution in [0.15, 0.2) is 54.7 Å². The van der Waals surface area contributed by atoms with Gasteiger partial charge in [0.1, 0.15) is 12.4 Å². The quantitative estimate of drug-likeness (QED) is 0.398. The Morgan fingerprint density at radius 1 is 1.12 bits per heavy atom. The molecule has 0 radical (unpaired) electrons. The third-order valence-corrected chi connectivity index (χ3v) is 6.33. The molecule has 1 aromatic heterocycles. The van der Waals surface area contributed by atoms with Gasteiger partial charge >= 0.3 is 6.03 Å². The first-order chi connectivity index (χ1) is 16.5. The normalized spacial score (nSPS) is 13.1. The second-order valence-corrected chi connectivity index (χ2v) is 9.00. The van der Waals surface area contributed by atoms with Crippen LogP contribution in [0.1, 0.15) is 43.7 Å². The van der Waals surface area contributed by atoms with E-state index in [4.69, 9.17) is 0 Å². The number of nitrogens with one attached hydrogen (secondary N) is 2. The van der Waals surface area contributed by atoms with Gasteiger partial charge < -0.3 is 20.1 Å². The highest BCUT2D eigenvalue weighted by atomic mass is 19.1. The Bertz CT molecular complexity index is 1110. The average molecular weight is 465 g/mol. The molecule has 2 aromatic carbocycles. The van der Waals surface area contributed by atoms with Gasteiger partial charge in [-0.15, -0.1) is 0 Å². The maximum absolute atomic E-state index is 13.4. The van der Waals surface area contributed by atoms with Crippen LogP contribution in [0.4, 0.5) is 9.18 Å². The Balaban J connectivity index is 1.47. The minimum absolute atomic E-state index is 0.0533. The number of para-hydroxylation sites is 1. The summed E-state index contributed by atoms with van der Waals surface area (Å²) in [5.74, 6) is -0.397. The maximum atomic E-state index is 13.4. The molecule has 0 aliphatic heterocycles. The Morgan fingerprint density at radius 3 is 2.62 bits per heavy atom.